The van der Waals surface area contributed by atoms with E-state index in [2.05, 4.69) is 73.0 Å². The molecule has 0 saturated carbocycles. The lowest BCUT2D eigenvalue weighted by Gasteiger charge is -2.13. The molecule has 4 rings (SSSR count). The van der Waals surface area contributed by atoms with Crippen LogP contribution in [0.15, 0.2) is 66.7 Å². The number of rotatable bonds is 4. The Bertz CT molecular complexity index is 1190. The Kier molecular flexibility index (Phi) is 5.32. The second-order valence-corrected chi connectivity index (χ2v) is 7.64. The van der Waals surface area contributed by atoms with Crippen molar-refractivity contribution < 1.29 is 0 Å². The molecule has 2 N–H and O–H groups in total. The van der Waals surface area contributed by atoms with Gasteiger partial charge in [0.1, 0.15) is 0 Å². The number of aryl methyl sites for hydroxylation is 2. The van der Waals surface area contributed by atoms with Gasteiger partial charge in [0.2, 0.25) is 0 Å². The normalized spacial score (nSPS) is 10.9. The van der Waals surface area contributed by atoms with Gasteiger partial charge in [-0.3, -0.25) is 4.68 Å². The highest BCUT2D eigenvalue weighted by atomic mass is 32.1. The Hall–Kier alpha value is -3.18. The van der Waals surface area contributed by atoms with E-state index < -0.39 is 0 Å². The summed E-state index contributed by atoms with van der Waals surface area (Å²) in [6.07, 6.45) is 0. The van der Waals surface area contributed by atoms with Crippen LogP contribution < -0.4 is 10.6 Å². The monoisotopic (exact) mass is 400 g/mol. The van der Waals surface area contributed by atoms with Crippen molar-refractivity contribution in [2.75, 3.05) is 10.6 Å². The summed E-state index contributed by atoms with van der Waals surface area (Å²) in [6, 6.07) is 23.0. The molecule has 0 unspecified atom stereocenters. The Morgan fingerprint density at radius 3 is 2.45 bits per heavy atom. The average molecular weight is 401 g/mol. The van der Waals surface area contributed by atoms with Crippen molar-refractivity contribution in [3.63, 3.8) is 0 Å². The standard InChI is InChI=1S/C24H24N4S/c1-16-9-4-7-14-22(16)25-24(29)26-23-17(2)27-28(18(23)3)15-20-12-8-11-19-10-5-6-13-21(19)20/h4-14H,15H2,1-3H3,(H2,25,26,29). The number of fused-ring (bicyclic) bond motifs is 1. The lowest BCUT2D eigenvalue weighted by molar-refractivity contribution is 0.662. The van der Waals surface area contributed by atoms with E-state index in [0.29, 0.717) is 11.7 Å². The smallest absolute Gasteiger partial charge is 0.175 e. The van der Waals surface area contributed by atoms with Crippen molar-refractivity contribution in [3.8, 4) is 0 Å². The Labute approximate surface area is 176 Å². The van der Waals surface area contributed by atoms with Crippen molar-refractivity contribution in [2.24, 2.45) is 0 Å². The third kappa shape index (κ3) is 4.00. The fourth-order valence-electron chi connectivity index (χ4n) is 3.60. The van der Waals surface area contributed by atoms with Crippen LogP contribution >= 0.6 is 12.2 Å². The zero-order valence-corrected chi connectivity index (χ0v) is 17.7. The number of nitrogens with one attached hydrogen (secondary N) is 2. The summed E-state index contributed by atoms with van der Waals surface area (Å²) >= 11 is 5.54. The molecule has 1 heterocycles. The van der Waals surface area contributed by atoms with E-state index in [1.165, 1.54) is 16.3 Å². The van der Waals surface area contributed by atoms with Gasteiger partial charge in [0.05, 0.1) is 23.6 Å². The van der Waals surface area contributed by atoms with E-state index in [-0.39, 0.29) is 0 Å². The van der Waals surface area contributed by atoms with Crippen LogP contribution in [0.2, 0.25) is 0 Å². The first-order valence-corrected chi connectivity index (χ1v) is 10.1. The number of aromatic nitrogens is 2. The zero-order chi connectivity index (χ0) is 20.4. The maximum atomic E-state index is 5.54. The SMILES string of the molecule is Cc1ccccc1NC(=S)Nc1c(C)nn(Cc2cccc3ccccc23)c1C. The largest absolute Gasteiger partial charge is 0.332 e. The van der Waals surface area contributed by atoms with Crippen LogP contribution in [0.5, 0.6) is 0 Å². The fraction of sp³-hybridized carbons (Fsp3) is 0.167. The first kappa shape index (κ1) is 19.2. The van der Waals surface area contributed by atoms with Crippen LogP contribution in [0.1, 0.15) is 22.5 Å². The van der Waals surface area contributed by atoms with Crippen molar-refractivity contribution in [1.82, 2.24) is 9.78 Å². The second-order valence-electron chi connectivity index (χ2n) is 7.24. The highest BCUT2D eigenvalue weighted by molar-refractivity contribution is 7.80. The average Bonchev–Trinajstić information content (AvgIpc) is 2.97. The number of hydrogen-bond donors (Lipinski definition) is 2. The van der Waals surface area contributed by atoms with Gasteiger partial charge in [-0.25, -0.2) is 0 Å². The van der Waals surface area contributed by atoms with Crippen molar-refractivity contribution in [1.29, 1.82) is 0 Å². The fourth-order valence-corrected chi connectivity index (χ4v) is 3.82. The van der Waals surface area contributed by atoms with Crippen molar-refractivity contribution in [2.45, 2.75) is 27.3 Å². The zero-order valence-electron chi connectivity index (χ0n) is 16.9. The molecular formula is C24H24N4S. The molecule has 0 bridgehead atoms. The lowest BCUT2D eigenvalue weighted by Crippen LogP contribution is -2.20. The highest BCUT2D eigenvalue weighted by Crippen LogP contribution is 2.24. The van der Waals surface area contributed by atoms with Gasteiger partial charge in [0.15, 0.2) is 5.11 Å². The maximum Gasteiger partial charge on any atom is 0.175 e. The molecule has 4 nitrogen and oxygen atoms in total. The Morgan fingerprint density at radius 2 is 1.62 bits per heavy atom. The minimum absolute atomic E-state index is 0.565. The van der Waals surface area contributed by atoms with E-state index in [1.54, 1.807) is 0 Å². The number of thiocarbonyl (C=S) groups is 1. The van der Waals surface area contributed by atoms with Crippen LogP contribution in [-0.2, 0) is 6.54 Å². The summed E-state index contributed by atoms with van der Waals surface area (Å²) in [4.78, 5) is 0. The van der Waals surface area contributed by atoms with Crippen LogP contribution in [0, 0.1) is 20.8 Å². The van der Waals surface area contributed by atoms with Gasteiger partial charge in [-0.15, -0.1) is 0 Å². The summed E-state index contributed by atoms with van der Waals surface area (Å²) in [6.45, 7) is 6.85. The van der Waals surface area contributed by atoms with Crippen molar-refractivity contribution >= 4 is 39.5 Å². The van der Waals surface area contributed by atoms with Gasteiger partial charge < -0.3 is 10.6 Å². The molecular weight excluding hydrogens is 376 g/mol. The van der Waals surface area contributed by atoms with Gasteiger partial charge in [-0.05, 0) is 61.0 Å². The lowest BCUT2D eigenvalue weighted by atomic mass is 10.0. The first-order chi connectivity index (χ1) is 14.0. The van der Waals surface area contributed by atoms with Gasteiger partial charge in [-0.2, -0.15) is 5.10 Å². The molecule has 29 heavy (non-hydrogen) atoms. The predicted octanol–water partition coefficient (Wildman–Crippen LogP) is 5.82. The number of hydrogen-bond acceptors (Lipinski definition) is 2. The number of para-hydroxylation sites is 1. The first-order valence-electron chi connectivity index (χ1n) is 9.67. The molecule has 0 saturated heterocycles. The van der Waals surface area contributed by atoms with Gasteiger partial charge in [0, 0.05) is 5.69 Å². The summed E-state index contributed by atoms with van der Waals surface area (Å²) in [5, 5.41) is 14.4. The molecule has 0 aliphatic rings. The molecule has 0 aliphatic heterocycles. The van der Waals surface area contributed by atoms with Crippen LogP contribution in [0.4, 0.5) is 11.4 Å². The van der Waals surface area contributed by atoms with Crippen LogP contribution in [0.3, 0.4) is 0 Å². The molecule has 0 radical (unpaired) electrons. The van der Waals surface area contributed by atoms with E-state index in [0.717, 1.165) is 28.3 Å². The van der Waals surface area contributed by atoms with Gasteiger partial charge >= 0.3 is 0 Å². The molecule has 5 heteroatoms. The van der Waals surface area contributed by atoms with Gasteiger partial charge in [0.25, 0.3) is 0 Å². The predicted molar refractivity (Wildman–Crippen MR) is 126 cm³/mol. The molecule has 146 valence electrons. The topological polar surface area (TPSA) is 41.9 Å². The maximum absolute atomic E-state index is 5.54. The molecule has 3 aromatic carbocycles. The van der Waals surface area contributed by atoms with E-state index >= 15 is 0 Å². The van der Waals surface area contributed by atoms with E-state index in [1.807, 2.05) is 29.8 Å². The minimum atomic E-state index is 0.565. The third-order valence-corrected chi connectivity index (χ3v) is 5.42. The molecule has 0 spiro atoms. The minimum Gasteiger partial charge on any atom is -0.332 e. The third-order valence-electron chi connectivity index (χ3n) is 5.21. The molecule has 1 aromatic heterocycles. The molecule has 0 aliphatic carbocycles. The molecule has 0 fully saturated rings. The van der Waals surface area contributed by atoms with Crippen LogP contribution in [-0.4, -0.2) is 14.9 Å². The van der Waals surface area contributed by atoms with Gasteiger partial charge in [-0.1, -0.05) is 60.7 Å². The summed E-state index contributed by atoms with van der Waals surface area (Å²) in [5.41, 5.74) is 6.35. The number of nitrogens with zero attached hydrogens (tertiary/aromatic N) is 2. The number of benzene rings is 3. The summed E-state index contributed by atoms with van der Waals surface area (Å²) in [5.74, 6) is 0. The highest BCUT2D eigenvalue weighted by Gasteiger charge is 2.14. The second kappa shape index (κ2) is 8.05. The van der Waals surface area contributed by atoms with Crippen molar-refractivity contribution in [3.05, 3.63) is 89.2 Å². The Morgan fingerprint density at radius 1 is 0.897 bits per heavy atom. The molecule has 0 atom stereocenters. The molecule has 0 amide bonds. The van der Waals surface area contributed by atoms with E-state index in [9.17, 15) is 0 Å². The molecule has 4 aromatic rings. The van der Waals surface area contributed by atoms with E-state index in [4.69, 9.17) is 17.3 Å². The quantitative estimate of drug-likeness (QED) is 0.424. The summed E-state index contributed by atoms with van der Waals surface area (Å²) in [7, 11) is 0. The van der Waals surface area contributed by atoms with Crippen LogP contribution in [0.25, 0.3) is 10.8 Å². The summed E-state index contributed by atoms with van der Waals surface area (Å²) < 4.78 is 2.04. The number of anilines is 2. The Balaban J connectivity index is 1.56.